The second-order valence-corrected chi connectivity index (χ2v) is 16.4. The van der Waals surface area contributed by atoms with Crippen molar-refractivity contribution in [3.63, 3.8) is 0 Å². The van der Waals surface area contributed by atoms with Gasteiger partial charge in [-0.3, -0.25) is 13.8 Å². The summed E-state index contributed by atoms with van der Waals surface area (Å²) >= 11 is 0. The quantitative estimate of drug-likeness (QED) is 0.0220. The van der Waals surface area contributed by atoms with E-state index >= 15 is 0 Å². The Morgan fingerprint density at radius 2 is 1.09 bits per heavy atom. The van der Waals surface area contributed by atoms with E-state index in [0.29, 0.717) is 24.1 Å². The zero-order chi connectivity index (χ0) is 39.1. The smallest absolute Gasteiger partial charge is 0.457 e. The molecule has 8 nitrogen and oxygen atoms in total. The molecule has 1 N–H and O–H groups in total. The Hall–Kier alpha value is -1.80. The van der Waals surface area contributed by atoms with Gasteiger partial charge >= 0.3 is 13.8 Å². The molecule has 2 unspecified atom stereocenters. The van der Waals surface area contributed by atoms with E-state index in [4.69, 9.17) is 18.5 Å². The zero-order valence-electron chi connectivity index (χ0n) is 34.7. The van der Waals surface area contributed by atoms with E-state index in [1.54, 1.807) is 0 Å². The minimum atomic E-state index is -4.27. The molecule has 0 aromatic carbocycles. The lowest BCUT2D eigenvalue weighted by Gasteiger charge is -2.24. The maximum atomic E-state index is 12.5. The summed E-state index contributed by atoms with van der Waals surface area (Å²) < 4.78 is 34.8. The molecule has 0 saturated heterocycles. The van der Waals surface area contributed by atoms with Crippen molar-refractivity contribution >= 4 is 13.8 Å². The highest BCUT2D eigenvalue weighted by Crippen LogP contribution is 2.43. The van der Waals surface area contributed by atoms with Gasteiger partial charge in [-0.1, -0.05) is 152 Å². The van der Waals surface area contributed by atoms with Gasteiger partial charge in [-0.25, -0.2) is 4.57 Å². The van der Waals surface area contributed by atoms with Crippen molar-refractivity contribution in [1.82, 2.24) is 0 Å². The third-order valence-electron chi connectivity index (χ3n) is 8.59. The fourth-order valence-corrected chi connectivity index (χ4v) is 6.08. The first-order chi connectivity index (χ1) is 25.6. The van der Waals surface area contributed by atoms with Gasteiger partial charge in [-0.2, -0.15) is 0 Å². The second kappa shape index (κ2) is 37.1. The summed E-state index contributed by atoms with van der Waals surface area (Å²) in [5.41, 5.74) is 0. The first kappa shape index (κ1) is 51.2. The lowest BCUT2D eigenvalue weighted by atomic mass is 10.1. The van der Waals surface area contributed by atoms with Crippen LogP contribution in [0.1, 0.15) is 155 Å². The van der Waals surface area contributed by atoms with Crippen LogP contribution in [0.5, 0.6) is 0 Å². The average molecular weight is 767 g/mol. The number of rotatable bonds is 38. The Morgan fingerprint density at radius 1 is 0.604 bits per heavy atom. The summed E-state index contributed by atoms with van der Waals surface area (Å²) in [6.07, 6.45) is 45.6. The first-order valence-electron chi connectivity index (χ1n) is 21.0. The Labute approximate surface area is 326 Å². The molecule has 0 amide bonds. The Balaban J connectivity index is 4.09. The number of quaternary nitrogens is 1. The van der Waals surface area contributed by atoms with Gasteiger partial charge in [0.05, 0.1) is 34.4 Å². The molecule has 0 aliphatic rings. The fraction of sp³-hybridized carbons (Fsp3) is 0.750. The van der Waals surface area contributed by atoms with E-state index in [1.165, 1.54) is 64.2 Å². The van der Waals surface area contributed by atoms with Crippen LogP contribution in [0.4, 0.5) is 0 Å². The molecule has 53 heavy (non-hydrogen) atoms. The Bertz CT molecular complexity index is 1030. The number of carbonyl (C=O) groups excluding carboxylic acids is 1. The van der Waals surface area contributed by atoms with Crippen LogP contribution in [0.2, 0.25) is 0 Å². The van der Waals surface area contributed by atoms with Crippen molar-refractivity contribution in [2.75, 3.05) is 54.1 Å². The van der Waals surface area contributed by atoms with Crippen LogP contribution in [0.15, 0.2) is 60.8 Å². The number of hydrogen-bond donors (Lipinski definition) is 1. The van der Waals surface area contributed by atoms with Gasteiger partial charge in [0.25, 0.3) is 0 Å². The summed E-state index contributed by atoms with van der Waals surface area (Å²) in [6, 6.07) is 0. The van der Waals surface area contributed by atoms with Gasteiger partial charge in [0, 0.05) is 13.0 Å². The van der Waals surface area contributed by atoms with Crippen LogP contribution in [0.25, 0.3) is 0 Å². The molecule has 0 aliphatic carbocycles. The molecule has 0 heterocycles. The summed E-state index contributed by atoms with van der Waals surface area (Å²) in [6.45, 7) is 5.43. The van der Waals surface area contributed by atoms with Gasteiger partial charge in [0.2, 0.25) is 0 Å². The summed E-state index contributed by atoms with van der Waals surface area (Å²) in [4.78, 5) is 22.7. The standard InChI is InChI=1S/C44H80NO7P/c1-6-8-10-12-14-15-16-17-18-19-20-21-22-23-24-25-26-27-28-29-30-32-34-36-39-49-41-43(42-51-53(47,48)50-40-38-45(3,4)5)52-44(46)37-35-33-31-13-11-9-7-2/h8,10,14-15,17-18,20-21,23-24,43H,6-7,9,11-13,16,19,22,25-42H2,1-5H3/p+1/b10-8-,15-14-,18-17-,21-20-,24-23-. The predicted octanol–water partition coefficient (Wildman–Crippen LogP) is 12.2. The molecule has 0 spiro atoms. The van der Waals surface area contributed by atoms with Crippen LogP contribution < -0.4 is 0 Å². The van der Waals surface area contributed by atoms with E-state index in [2.05, 4.69) is 74.6 Å². The highest BCUT2D eigenvalue weighted by molar-refractivity contribution is 7.47. The first-order valence-corrected chi connectivity index (χ1v) is 22.5. The molecular weight excluding hydrogens is 685 g/mol. The normalized spacial score (nSPS) is 14.5. The largest absolute Gasteiger partial charge is 0.472 e. The molecule has 0 radical (unpaired) electrons. The van der Waals surface area contributed by atoms with E-state index in [0.717, 1.165) is 70.6 Å². The van der Waals surface area contributed by atoms with Crippen LogP contribution in [-0.4, -0.2) is 75.6 Å². The molecular formula is C44H81NO7P+. The lowest BCUT2D eigenvalue weighted by Crippen LogP contribution is -2.37. The summed E-state index contributed by atoms with van der Waals surface area (Å²) in [5, 5.41) is 0. The number of phosphoric ester groups is 1. The van der Waals surface area contributed by atoms with Crippen LogP contribution in [-0.2, 0) is 27.9 Å². The van der Waals surface area contributed by atoms with Gasteiger partial charge in [0.15, 0.2) is 0 Å². The molecule has 0 aliphatic heterocycles. The maximum absolute atomic E-state index is 12.5. The molecule has 0 fully saturated rings. The molecule has 0 saturated carbocycles. The van der Waals surface area contributed by atoms with Crippen molar-refractivity contribution in [1.29, 1.82) is 0 Å². The minimum Gasteiger partial charge on any atom is -0.457 e. The van der Waals surface area contributed by atoms with Crippen LogP contribution in [0.3, 0.4) is 0 Å². The summed E-state index contributed by atoms with van der Waals surface area (Å²) in [5.74, 6) is -0.327. The summed E-state index contributed by atoms with van der Waals surface area (Å²) in [7, 11) is 1.65. The number of hydrogen-bond acceptors (Lipinski definition) is 6. The number of likely N-dealkylation sites (N-methyl/N-ethyl adjacent to an activating group) is 1. The van der Waals surface area contributed by atoms with Crippen molar-refractivity contribution < 1.29 is 37.3 Å². The Morgan fingerprint density at radius 3 is 1.64 bits per heavy atom. The monoisotopic (exact) mass is 767 g/mol. The number of ether oxygens (including phenoxy) is 2. The number of nitrogens with zero attached hydrogens (tertiary/aromatic N) is 1. The van der Waals surface area contributed by atoms with Gasteiger partial charge in [-0.05, 0) is 57.8 Å². The van der Waals surface area contributed by atoms with E-state index in [-0.39, 0.29) is 25.8 Å². The van der Waals surface area contributed by atoms with E-state index in [1.807, 2.05) is 21.1 Å². The van der Waals surface area contributed by atoms with Crippen LogP contribution in [0, 0.1) is 0 Å². The number of phosphoric acid groups is 1. The number of unbranched alkanes of at least 4 members (excludes halogenated alkanes) is 14. The van der Waals surface area contributed by atoms with Crippen molar-refractivity contribution in [3.05, 3.63) is 60.8 Å². The lowest BCUT2D eigenvalue weighted by molar-refractivity contribution is -0.870. The zero-order valence-corrected chi connectivity index (χ0v) is 35.6. The molecule has 308 valence electrons. The number of carbonyl (C=O) groups is 1. The third kappa shape index (κ3) is 41.2. The molecule has 9 heteroatoms. The molecule has 0 rings (SSSR count). The molecule has 0 aromatic rings. The topological polar surface area (TPSA) is 91.3 Å². The highest BCUT2D eigenvalue weighted by Gasteiger charge is 2.26. The number of allylic oxidation sites excluding steroid dienone is 10. The van der Waals surface area contributed by atoms with Gasteiger partial charge < -0.3 is 18.9 Å². The Kier molecular flexibility index (Phi) is 35.9. The predicted molar refractivity (Wildman–Crippen MR) is 224 cm³/mol. The molecule has 2 atom stereocenters. The maximum Gasteiger partial charge on any atom is 0.472 e. The molecule has 0 aromatic heterocycles. The van der Waals surface area contributed by atoms with Crippen molar-refractivity contribution in [3.8, 4) is 0 Å². The number of esters is 1. The van der Waals surface area contributed by atoms with E-state index in [9.17, 15) is 14.3 Å². The SMILES string of the molecule is CC/C=C\C/C=C\C/C=C\C/C=C\C/C=C\CCCCCCCCCCOCC(COP(=O)(O)OCC[N+](C)(C)C)OC(=O)CCCCCCCCC. The van der Waals surface area contributed by atoms with Gasteiger partial charge in [0.1, 0.15) is 19.3 Å². The third-order valence-corrected chi connectivity index (χ3v) is 9.58. The second-order valence-electron chi connectivity index (χ2n) is 15.0. The highest BCUT2D eigenvalue weighted by atomic mass is 31.2. The van der Waals surface area contributed by atoms with Crippen molar-refractivity contribution in [2.24, 2.45) is 0 Å². The molecule has 0 bridgehead atoms. The van der Waals surface area contributed by atoms with Gasteiger partial charge in [-0.15, -0.1) is 0 Å². The van der Waals surface area contributed by atoms with E-state index < -0.39 is 13.9 Å². The average Bonchev–Trinajstić information content (AvgIpc) is 3.11. The van der Waals surface area contributed by atoms with Crippen molar-refractivity contribution in [2.45, 2.75) is 161 Å². The minimum absolute atomic E-state index is 0.0849. The van der Waals surface area contributed by atoms with Crippen LogP contribution >= 0.6 is 7.82 Å². The fourth-order valence-electron chi connectivity index (χ4n) is 5.34.